The molecule has 1 aromatic heterocycles. The van der Waals surface area contributed by atoms with Gasteiger partial charge in [-0.25, -0.2) is 0 Å². The Balaban J connectivity index is 0.980. The number of nitrogens with zero attached hydrogens (tertiary/aromatic N) is 2. The molecule has 0 unspecified atom stereocenters. The molecule has 0 aliphatic heterocycles. The maximum atomic E-state index is 6.99. The number of fused-ring (bicyclic) bond motifs is 5. The zero-order valence-corrected chi connectivity index (χ0v) is 45.7. The molecule has 13 rings (SSSR count). The van der Waals surface area contributed by atoms with Gasteiger partial charge in [0, 0.05) is 44.4 Å². The Labute approximate surface area is 464 Å². The Hall–Kier alpha value is -9.44. The molecule has 3 nitrogen and oxygen atoms in total. The van der Waals surface area contributed by atoms with E-state index in [1.54, 1.807) is 0 Å². The topological polar surface area (TPSA) is 19.6 Å². The zero-order chi connectivity index (χ0) is 53.8. The Bertz CT molecular complexity index is 4090. The Morgan fingerprint density at radius 3 is 0.949 bits per heavy atom. The van der Waals surface area contributed by atoms with Crippen LogP contribution in [0.2, 0.25) is 0 Å². The van der Waals surface area contributed by atoms with E-state index in [4.69, 9.17) is 4.42 Å². The number of rotatable bonds is 10. The molecule has 79 heavy (non-hydrogen) atoms. The summed E-state index contributed by atoms with van der Waals surface area (Å²) in [5, 5.41) is 6.70. The molecule has 0 aliphatic carbocycles. The third kappa shape index (κ3) is 9.32. The molecule has 1 heterocycles. The first-order valence-corrected chi connectivity index (χ1v) is 27.6. The number of anilines is 6. The van der Waals surface area contributed by atoms with Gasteiger partial charge in [0.15, 0.2) is 0 Å². The van der Waals surface area contributed by atoms with Gasteiger partial charge >= 0.3 is 0 Å². The molecule has 0 saturated heterocycles. The summed E-state index contributed by atoms with van der Waals surface area (Å²) in [5.74, 6) is 0. The summed E-state index contributed by atoms with van der Waals surface area (Å²) >= 11 is 0. The minimum Gasteiger partial charge on any atom is -0.456 e. The molecule has 0 bridgehead atoms. The number of para-hydroxylation sites is 2. The van der Waals surface area contributed by atoms with Gasteiger partial charge in [-0.15, -0.1) is 0 Å². The first-order valence-electron chi connectivity index (χ1n) is 27.6. The minimum atomic E-state index is -0.0750. The summed E-state index contributed by atoms with van der Waals surface area (Å²) in [6.07, 6.45) is 0. The standard InChI is InChI=1S/C76H62N2O/c1-75(2,3)59-37-41-65(53-27-15-9-16-28-53)71(49-59)77(69-33-21-19-31-63(69)51-23-11-7-12-24-51)61-39-35-55-45-67-68-46-56-36-40-62(44-58(56)48-74(68)79-73(67)47-57(55)43-61)78(70-34-22-20-32-64(70)52-25-13-8-14-26-52)72-50-60(76(4,5)6)38-42-66(72)54-29-17-10-18-30-54/h7-50H,1-6H3. The average Bonchev–Trinajstić information content (AvgIpc) is 4.12. The largest absolute Gasteiger partial charge is 0.456 e. The lowest BCUT2D eigenvalue weighted by Crippen LogP contribution is -2.16. The highest BCUT2D eigenvalue weighted by molar-refractivity contribution is 6.14. The lowest BCUT2D eigenvalue weighted by Gasteiger charge is -2.32. The monoisotopic (exact) mass is 1020 g/mol. The molecule has 0 aliphatic rings. The highest BCUT2D eigenvalue weighted by atomic mass is 16.3. The molecule has 13 aromatic rings. The quantitative estimate of drug-likeness (QED) is 0.136. The second kappa shape index (κ2) is 19.8. The maximum absolute atomic E-state index is 6.99. The summed E-state index contributed by atoms with van der Waals surface area (Å²) in [6, 6.07) is 97.6. The van der Waals surface area contributed by atoms with Gasteiger partial charge in [-0.05, 0) is 139 Å². The fraction of sp³-hybridized carbons (Fsp3) is 0.105. The van der Waals surface area contributed by atoms with Crippen molar-refractivity contribution in [3.63, 3.8) is 0 Å². The molecular weight excluding hydrogens is 957 g/mol. The Morgan fingerprint density at radius 2 is 0.595 bits per heavy atom. The van der Waals surface area contributed by atoms with Crippen LogP contribution in [0.1, 0.15) is 52.7 Å². The van der Waals surface area contributed by atoms with E-state index in [1.165, 1.54) is 22.3 Å². The molecule has 3 heteroatoms. The van der Waals surface area contributed by atoms with Gasteiger partial charge in [0.25, 0.3) is 0 Å². The minimum absolute atomic E-state index is 0.0750. The van der Waals surface area contributed by atoms with E-state index < -0.39 is 0 Å². The normalized spacial score (nSPS) is 11.9. The van der Waals surface area contributed by atoms with Crippen molar-refractivity contribution in [3.05, 3.63) is 278 Å². The lowest BCUT2D eigenvalue weighted by atomic mass is 9.85. The van der Waals surface area contributed by atoms with Gasteiger partial charge in [0.2, 0.25) is 0 Å². The molecule has 0 radical (unpaired) electrons. The van der Waals surface area contributed by atoms with E-state index in [0.717, 1.165) is 111 Å². The summed E-state index contributed by atoms with van der Waals surface area (Å²) in [5.41, 5.74) is 20.0. The van der Waals surface area contributed by atoms with Crippen LogP contribution in [0.25, 0.3) is 88.0 Å². The molecule has 0 saturated carbocycles. The third-order valence-corrected chi connectivity index (χ3v) is 15.7. The van der Waals surface area contributed by atoms with Crippen LogP contribution in [0.4, 0.5) is 34.1 Å². The number of hydrogen-bond acceptors (Lipinski definition) is 3. The molecular formula is C76H62N2O. The third-order valence-electron chi connectivity index (χ3n) is 15.7. The Kier molecular flexibility index (Phi) is 12.4. The smallest absolute Gasteiger partial charge is 0.136 e. The van der Waals surface area contributed by atoms with Gasteiger partial charge in [0.05, 0.1) is 22.7 Å². The van der Waals surface area contributed by atoms with Crippen molar-refractivity contribution < 1.29 is 4.42 Å². The first kappa shape index (κ1) is 49.2. The van der Waals surface area contributed by atoms with Gasteiger partial charge in [-0.2, -0.15) is 0 Å². The molecule has 0 fully saturated rings. The van der Waals surface area contributed by atoms with Crippen LogP contribution in [0.5, 0.6) is 0 Å². The van der Waals surface area contributed by atoms with Crippen molar-refractivity contribution in [3.8, 4) is 44.5 Å². The Morgan fingerprint density at radius 1 is 0.266 bits per heavy atom. The highest BCUT2D eigenvalue weighted by Gasteiger charge is 2.27. The van der Waals surface area contributed by atoms with Crippen LogP contribution < -0.4 is 9.80 Å². The molecule has 0 amide bonds. The second-order valence-corrected chi connectivity index (χ2v) is 23.0. The average molecular weight is 1020 g/mol. The summed E-state index contributed by atoms with van der Waals surface area (Å²) in [4.78, 5) is 4.94. The summed E-state index contributed by atoms with van der Waals surface area (Å²) < 4.78 is 6.99. The van der Waals surface area contributed by atoms with Crippen LogP contribution in [-0.4, -0.2) is 0 Å². The fourth-order valence-corrected chi connectivity index (χ4v) is 11.5. The SMILES string of the molecule is CC(C)(C)c1ccc(-c2ccccc2)c(N(c2ccc3cc4c(cc3c2)oc2cc3cc(N(c5ccccc5-c5ccccc5)c5cc(C(C)(C)C)ccc5-c5ccccc5)ccc3cc24)c2ccccc2-c2ccccc2)c1. The predicted octanol–water partition coefficient (Wildman–Crippen LogP) is 22.1. The summed E-state index contributed by atoms with van der Waals surface area (Å²) in [6.45, 7) is 13.8. The van der Waals surface area contributed by atoms with Crippen molar-refractivity contribution in [1.82, 2.24) is 0 Å². The van der Waals surface area contributed by atoms with Crippen LogP contribution in [-0.2, 0) is 10.8 Å². The second-order valence-electron chi connectivity index (χ2n) is 23.0. The van der Waals surface area contributed by atoms with E-state index in [2.05, 4.69) is 318 Å². The molecule has 0 atom stereocenters. The van der Waals surface area contributed by atoms with E-state index in [9.17, 15) is 0 Å². The van der Waals surface area contributed by atoms with E-state index in [-0.39, 0.29) is 10.8 Å². The molecule has 0 spiro atoms. The molecule has 0 N–H and O–H groups in total. The van der Waals surface area contributed by atoms with Crippen LogP contribution >= 0.6 is 0 Å². The number of hydrogen-bond donors (Lipinski definition) is 0. The number of furan rings is 1. The zero-order valence-electron chi connectivity index (χ0n) is 45.7. The van der Waals surface area contributed by atoms with Gasteiger partial charge in [-0.3, -0.25) is 0 Å². The van der Waals surface area contributed by atoms with Crippen molar-refractivity contribution >= 4 is 77.6 Å². The number of benzene rings is 12. The first-order chi connectivity index (χ1) is 38.4. The van der Waals surface area contributed by atoms with E-state index >= 15 is 0 Å². The van der Waals surface area contributed by atoms with Crippen molar-refractivity contribution in [2.45, 2.75) is 52.4 Å². The fourth-order valence-electron chi connectivity index (χ4n) is 11.5. The van der Waals surface area contributed by atoms with E-state index in [1.807, 2.05) is 0 Å². The van der Waals surface area contributed by atoms with Crippen molar-refractivity contribution in [2.75, 3.05) is 9.80 Å². The molecule has 12 aromatic carbocycles. The van der Waals surface area contributed by atoms with Gasteiger partial charge in [-0.1, -0.05) is 236 Å². The highest BCUT2D eigenvalue weighted by Crippen LogP contribution is 2.49. The van der Waals surface area contributed by atoms with E-state index in [0.29, 0.717) is 0 Å². The van der Waals surface area contributed by atoms with Crippen LogP contribution in [0.3, 0.4) is 0 Å². The van der Waals surface area contributed by atoms with Crippen LogP contribution in [0.15, 0.2) is 271 Å². The van der Waals surface area contributed by atoms with Gasteiger partial charge in [0.1, 0.15) is 11.2 Å². The lowest BCUT2D eigenvalue weighted by molar-refractivity contribution is 0.590. The predicted molar refractivity (Wildman–Crippen MR) is 337 cm³/mol. The van der Waals surface area contributed by atoms with Crippen molar-refractivity contribution in [2.24, 2.45) is 0 Å². The maximum Gasteiger partial charge on any atom is 0.136 e. The van der Waals surface area contributed by atoms with Gasteiger partial charge < -0.3 is 14.2 Å². The van der Waals surface area contributed by atoms with Crippen molar-refractivity contribution in [1.29, 1.82) is 0 Å². The van der Waals surface area contributed by atoms with Crippen LogP contribution in [0, 0.1) is 0 Å². The molecule has 382 valence electrons. The summed E-state index contributed by atoms with van der Waals surface area (Å²) in [7, 11) is 0.